The molecule has 4 aromatic rings. The molecule has 3 aromatic heterocycles. The van der Waals surface area contributed by atoms with E-state index < -0.39 is 0 Å². The maximum atomic E-state index is 13.8. The third kappa shape index (κ3) is 5.15. The number of aryl methyl sites for hydroxylation is 1. The first kappa shape index (κ1) is 22.9. The number of rotatable bonds is 10. The average Bonchev–Trinajstić information content (AvgIpc) is 3.55. The van der Waals surface area contributed by atoms with E-state index in [1.54, 1.807) is 18.0 Å². The fourth-order valence-electron chi connectivity index (χ4n) is 4.50. The van der Waals surface area contributed by atoms with Crippen LogP contribution in [-0.2, 0) is 30.2 Å². The van der Waals surface area contributed by atoms with Crippen LogP contribution in [0, 0.1) is 0 Å². The van der Waals surface area contributed by atoms with Crippen LogP contribution in [0.25, 0.3) is 11.3 Å². The molecule has 0 unspecified atom stereocenters. The van der Waals surface area contributed by atoms with Crippen molar-refractivity contribution >= 4 is 5.78 Å². The minimum atomic E-state index is -0.370. The highest BCUT2D eigenvalue weighted by atomic mass is 16.5. The van der Waals surface area contributed by atoms with Crippen molar-refractivity contribution in [3.05, 3.63) is 96.1 Å². The molecule has 1 aliphatic rings. The number of Topliss-reactive ketones (excluding diaryl/α,β-unsaturated/α-hetero) is 1. The average molecular weight is 468 g/mol. The number of aromatic nitrogens is 4. The van der Waals surface area contributed by atoms with Crippen LogP contribution in [0.5, 0.6) is 5.88 Å². The summed E-state index contributed by atoms with van der Waals surface area (Å²) in [5, 5.41) is 8.16. The van der Waals surface area contributed by atoms with E-state index in [0.29, 0.717) is 12.3 Å². The number of hydrogen-bond acceptors (Lipinski definition) is 6. The van der Waals surface area contributed by atoms with Gasteiger partial charge in [-0.3, -0.25) is 19.8 Å². The molecule has 3 heterocycles. The van der Waals surface area contributed by atoms with Crippen molar-refractivity contribution in [2.45, 2.75) is 37.3 Å². The van der Waals surface area contributed by atoms with E-state index in [0.717, 1.165) is 40.9 Å². The molecule has 0 amide bonds. The van der Waals surface area contributed by atoms with Crippen molar-refractivity contribution in [1.29, 1.82) is 0 Å². The van der Waals surface area contributed by atoms with E-state index >= 15 is 0 Å². The molecule has 1 atom stereocenters. The maximum Gasteiger partial charge on any atom is 0.216 e. The lowest BCUT2D eigenvalue weighted by Gasteiger charge is -2.25. The Kier molecular flexibility index (Phi) is 6.42. The standard InChI is InChI=1S/C28H29N5O2/c1-33-15-11-23(32-33)22-17-21(27(35-2)30-19-22)18-25(34)24(16-20-8-4-3-5-9-20)31-28(12-13-28)26-10-6-7-14-29-26/h3-11,14-15,17,19,24,31H,12-13,16,18H2,1-2H3/t24-/m0/s1. The summed E-state index contributed by atoms with van der Waals surface area (Å²) in [5.74, 6) is 0.552. The second-order valence-electron chi connectivity index (χ2n) is 9.09. The molecule has 7 nitrogen and oxygen atoms in total. The van der Waals surface area contributed by atoms with Crippen LogP contribution in [-0.4, -0.2) is 38.7 Å². The summed E-state index contributed by atoms with van der Waals surface area (Å²) >= 11 is 0. The lowest BCUT2D eigenvalue weighted by Crippen LogP contribution is -2.46. The molecule has 0 radical (unpaired) electrons. The zero-order valence-electron chi connectivity index (χ0n) is 20.0. The van der Waals surface area contributed by atoms with Gasteiger partial charge in [-0.25, -0.2) is 4.98 Å². The molecule has 0 spiro atoms. The highest BCUT2D eigenvalue weighted by Gasteiger charge is 2.47. The first-order valence-electron chi connectivity index (χ1n) is 11.8. The van der Waals surface area contributed by atoms with Gasteiger partial charge in [0, 0.05) is 43.2 Å². The molecule has 178 valence electrons. The van der Waals surface area contributed by atoms with Gasteiger partial charge in [0.25, 0.3) is 0 Å². The molecule has 1 aromatic carbocycles. The van der Waals surface area contributed by atoms with Crippen LogP contribution in [0.3, 0.4) is 0 Å². The number of pyridine rings is 2. The number of benzene rings is 1. The Hall–Kier alpha value is -3.84. The number of methoxy groups -OCH3 is 1. The van der Waals surface area contributed by atoms with Gasteiger partial charge in [0.05, 0.1) is 30.1 Å². The zero-order valence-corrected chi connectivity index (χ0v) is 20.0. The normalized spacial score (nSPS) is 14.9. The Morgan fingerprint density at radius 1 is 1.11 bits per heavy atom. The minimum Gasteiger partial charge on any atom is -0.481 e. The molecule has 1 saturated carbocycles. The molecule has 0 aliphatic heterocycles. The predicted octanol–water partition coefficient (Wildman–Crippen LogP) is 3.89. The first-order valence-corrected chi connectivity index (χ1v) is 11.8. The fraction of sp³-hybridized carbons (Fsp3) is 0.286. The second kappa shape index (κ2) is 9.80. The predicted molar refractivity (Wildman–Crippen MR) is 134 cm³/mol. The lowest BCUT2D eigenvalue weighted by molar-refractivity contribution is -0.120. The van der Waals surface area contributed by atoms with E-state index in [1.807, 2.05) is 68.0 Å². The monoisotopic (exact) mass is 467 g/mol. The largest absolute Gasteiger partial charge is 0.481 e. The molecule has 1 N–H and O–H groups in total. The molecule has 5 rings (SSSR count). The molecule has 0 bridgehead atoms. The summed E-state index contributed by atoms with van der Waals surface area (Å²) in [6.07, 6.45) is 8.16. The Morgan fingerprint density at radius 3 is 2.57 bits per heavy atom. The maximum absolute atomic E-state index is 13.8. The van der Waals surface area contributed by atoms with Gasteiger partial charge in [0.1, 0.15) is 0 Å². The van der Waals surface area contributed by atoms with Crippen molar-refractivity contribution in [2.24, 2.45) is 7.05 Å². The summed E-state index contributed by atoms with van der Waals surface area (Å²) < 4.78 is 7.25. The summed E-state index contributed by atoms with van der Waals surface area (Å²) in [6, 6.07) is 19.6. The third-order valence-corrected chi connectivity index (χ3v) is 6.52. The van der Waals surface area contributed by atoms with Gasteiger partial charge in [-0.05, 0) is 49.1 Å². The Morgan fingerprint density at radius 2 is 1.91 bits per heavy atom. The molecule has 1 aliphatic carbocycles. The molecule has 0 saturated heterocycles. The van der Waals surface area contributed by atoms with Crippen LogP contribution < -0.4 is 10.1 Å². The topological polar surface area (TPSA) is 81.9 Å². The SMILES string of the molecule is COc1ncc(-c2ccn(C)n2)cc1CC(=O)[C@H](Cc1ccccc1)NC1(c2ccccn2)CC1. The Balaban J connectivity index is 1.42. The van der Waals surface area contributed by atoms with Crippen LogP contribution in [0.4, 0.5) is 0 Å². The van der Waals surface area contributed by atoms with Crippen LogP contribution in [0.15, 0.2) is 79.3 Å². The number of ether oxygens (including phenoxy) is 1. The van der Waals surface area contributed by atoms with E-state index in [4.69, 9.17) is 4.74 Å². The number of carbonyl (C=O) groups is 1. The summed E-state index contributed by atoms with van der Waals surface area (Å²) in [7, 11) is 3.46. The van der Waals surface area contributed by atoms with Crippen LogP contribution in [0.1, 0.15) is 29.7 Å². The second-order valence-corrected chi connectivity index (χ2v) is 9.09. The van der Waals surface area contributed by atoms with E-state index in [1.165, 1.54) is 0 Å². The summed E-state index contributed by atoms with van der Waals surface area (Å²) in [6.45, 7) is 0. The number of carbonyl (C=O) groups excluding carboxylic acids is 1. The lowest BCUT2D eigenvalue weighted by atomic mass is 9.95. The number of ketones is 1. The van der Waals surface area contributed by atoms with Crippen molar-refractivity contribution in [2.75, 3.05) is 7.11 Å². The van der Waals surface area contributed by atoms with Gasteiger partial charge in [-0.15, -0.1) is 0 Å². The first-order chi connectivity index (χ1) is 17.1. The highest BCUT2D eigenvalue weighted by molar-refractivity contribution is 5.87. The van der Waals surface area contributed by atoms with Crippen molar-refractivity contribution in [3.8, 4) is 17.1 Å². The molecule has 1 fully saturated rings. The van der Waals surface area contributed by atoms with Crippen LogP contribution >= 0.6 is 0 Å². The van der Waals surface area contributed by atoms with Crippen molar-refractivity contribution < 1.29 is 9.53 Å². The van der Waals surface area contributed by atoms with E-state index in [9.17, 15) is 4.79 Å². The quantitative estimate of drug-likeness (QED) is 0.381. The van der Waals surface area contributed by atoms with Gasteiger partial charge in [0.2, 0.25) is 5.88 Å². The van der Waals surface area contributed by atoms with E-state index in [2.05, 4.69) is 32.5 Å². The van der Waals surface area contributed by atoms with Crippen LogP contribution in [0.2, 0.25) is 0 Å². The number of nitrogens with zero attached hydrogens (tertiary/aromatic N) is 4. The van der Waals surface area contributed by atoms with E-state index in [-0.39, 0.29) is 23.8 Å². The summed E-state index contributed by atoms with van der Waals surface area (Å²) in [5.41, 5.74) is 4.26. The minimum absolute atomic E-state index is 0.0920. The Bertz CT molecular complexity index is 1300. The Labute approximate surface area is 205 Å². The smallest absolute Gasteiger partial charge is 0.216 e. The number of hydrogen-bond donors (Lipinski definition) is 1. The van der Waals surface area contributed by atoms with Gasteiger partial charge < -0.3 is 4.74 Å². The highest BCUT2D eigenvalue weighted by Crippen LogP contribution is 2.45. The number of nitrogens with one attached hydrogen (secondary N) is 1. The van der Waals surface area contributed by atoms with Crippen molar-refractivity contribution in [3.63, 3.8) is 0 Å². The fourth-order valence-corrected chi connectivity index (χ4v) is 4.50. The van der Waals surface area contributed by atoms with Gasteiger partial charge >= 0.3 is 0 Å². The van der Waals surface area contributed by atoms with Crippen molar-refractivity contribution in [1.82, 2.24) is 25.1 Å². The molecule has 35 heavy (non-hydrogen) atoms. The third-order valence-electron chi connectivity index (χ3n) is 6.52. The molecule has 7 heteroatoms. The van der Waals surface area contributed by atoms with Gasteiger partial charge in [0.15, 0.2) is 5.78 Å². The summed E-state index contributed by atoms with van der Waals surface area (Å²) in [4.78, 5) is 22.8. The van der Waals surface area contributed by atoms with Gasteiger partial charge in [-0.2, -0.15) is 5.10 Å². The zero-order chi connectivity index (χ0) is 24.3. The van der Waals surface area contributed by atoms with Gasteiger partial charge in [-0.1, -0.05) is 36.4 Å². The molecular formula is C28H29N5O2. The molecular weight excluding hydrogens is 438 g/mol.